The molecular formula is C9H16N2O. The zero-order chi connectivity index (χ0) is 9.78. The lowest BCUT2D eigenvalue weighted by atomic mass is 10.1. The van der Waals surface area contributed by atoms with Gasteiger partial charge in [0.1, 0.15) is 0 Å². The number of carbonyl (C=O) groups excluding carboxylic acids is 1. The maximum absolute atomic E-state index is 11.2. The van der Waals surface area contributed by atoms with E-state index < -0.39 is 11.6 Å². The standard InChI is InChI=1S/C9H16N2O/c1-5-7(10)8(12)11-9(3,4)6-2/h2,7H,5,10H2,1,3-4H3,(H,11,12)/t7-/m0/s1. The second-order valence-electron chi connectivity index (χ2n) is 3.27. The summed E-state index contributed by atoms with van der Waals surface area (Å²) in [6.07, 6.45) is 5.81. The van der Waals surface area contributed by atoms with Crippen molar-refractivity contribution >= 4 is 5.91 Å². The molecule has 0 aromatic heterocycles. The predicted molar refractivity (Wildman–Crippen MR) is 49.3 cm³/mol. The van der Waals surface area contributed by atoms with Crippen LogP contribution in [0.15, 0.2) is 0 Å². The Morgan fingerprint density at radius 1 is 1.75 bits per heavy atom. The van der Waals surface area contributed by atoms with Crippen molar-refractivity contribution in [3.8, 4) is 12.3 Å². The molecule has 3 heteroatoms. The summed E-state index contributed by atoms with van der Waals surface area (Å²) >= 11 is 0. The lowest BCUT2D eigenvalue weighted by Gasteiger charge is -2.21. The normalized spacial score (nSPS) is 13.2. The summed E-state index contributed by atoms with van der Waals surface area (Å²) in [5, 5.41) is 2.66. The van der Waals surface area contributed by atoms with E-state index in [1.54, 1.807) is 13.8 Å². The molecule has 12 heavy (non-hydrogen) atoms. The Morgan fingerprint density at radius 3 is 2.58 bits per heavy atom. The highest BCUT2D eigenvalue weighted by Crippen LogP contribution is 1.99. The molecule has 0 aromatic rings. The van der Waals surface area contributed by atoms with E-state index in [1.165, 1.54) is 0 Å². The van der Waals surface area contributed by atoms with Gasteiger partial charge in [-0.2, -0.15) is 0 Å². The van der Waals surface area contributed by atoms with Crippen LogP contribution in [0.25, 0.3) is 0 Å². The predicted octanol–water partition coefficient (Wildman–Crippen LogP) is 0.252. The van der Waals surface area contributed by atoms with Crippen molar-refractivity contribution in [1.29, 1.82) is 0 Å². The third kappa shape index (κ3) is 3.40. The molecule has 1 amide bonds. The van der Waals surface area contributed by atoms with Crippen LogP contribution in [0.2, 0.25) is 0 Å². The molecule has 0 aliphatic heterocycles. The summed E-state index contributed by atoms with van der Waals surface area (Å²) in [6, 6.07) is -0.461. The van der Waals surface area contributed by atoms with Crippen LogP contribution in [0, 0.1) is 12.3 Å². The summed E-state index contributed by atoms with van der Waals surface area (Å²) in [5.41, 5.74) is 4.89. The van der Waals surface area contributed by atoms with E-state index >= 15 is 0 Å². The molecule has 0 heterocycles. The van der Waals surface area contributed by atoms with Gasteiger partial charge in [0, 0.05) is 0 Å². The highest BCUT2D eigenvalue weighted by atomic mass is 16.2. The van der Waals surface area contributed by atoms with Gasteiger partial charge in [-0.25, -0.2) is 0 Å². The van der Waals surface area contributed by atoms with E-state index in [2.05, 4.69) is 11.2 Å². The number of nitrogens with two attached hydrogens (primary N) is 1. The van der Waals surface area contributed by atoms with Crippen LogP contribution in [0.4, 0.5) is 0 Å². The molecule has 0 fully saturated rings. The molecule has 3 N–H and O–H groups in total. The molecule has 0 radical (unpaired) electrons. The first-order valence-electron chi connectivity index (χ1n) is 3.98. The Bertz CT molecular complexity index is 203. The quantitative estimate of drug-likeness (QED) is 0.594. The van der Waals surface area contributed by atoms with Crippen molar-refractivity contribution in [2.45, 2.75) is 38.8 Å². The van der Waals surface area contributed by atoms with Crippen molar-refractivity contribution in [2.24, 2.45) is 5.73 Å². The zero-order valence-corrected chi connectivity index (χ0v) is 7.85. The highest BCUT2D eigenvalue weighted by Gasteiger charge is 2.20. The number of hydrogen-bond donors (Lipinski definition) is 2. The van der Waals surface area contributed by atoms with Gasteiger partial charge in [-0.1, -0.05) is 12.8 Å². The van der Waals surface area contributed by atoms with Crippen molar-refractivity contribution in [1.82, 2.24) is 5.32 Å². The largest absolute Gasteiger partial charge is 0.339 e. The number of amides is 1. The molecule has 0 unspecified atom stereocenters. The lowest BCUT2D eigenvalue weighted by Crippen LogP contribution is -2.49. The van der Waals surface area contributed by atoms with Gasteiger partial charge in [0.2, 0.25) is 5.91 Å². The van der Waals surface area contributed by atoms with Crippen molar-refractivity contribution in [3.05, 3.63) is 0 Å². The SMILES string of the molecule is C#CC(C)(C)NC(=O)[C@@H](N)CC. The Morgan fingerprint density at radius 2 is 2.25 bits per heavy atom. The number of nitrogens with one attached hydrogen (secondary N) is 1. The van der Waals surface area contributed by atoms with Gasteiger partial charge in [0.05, 0.1) is 11.6 Å². The maximum atomic E-state index is 11.2. The first-order chi connectivity index (χ1) is 5.43. The maximum Gasteiger partial charge on any atom is 0.238 e. The second-order valence-corrected chi connectivity index (χ2v) is 3.27. The van der Waals surface area contributed by atoms with E-state index in [4.69, 9.17) is 12.2 Å². The summed E-state index contributed by atoms with van der Waals surface area (Å²) in [6.45, 7) is 5.37. The topological polar surface area (TPSA) is 55.1 Å². The van der Waals surface area contributed by atoms with Crippen LogP contribution < -0.4 is 11.1 Å². The van der Waals surface area contributed by atoms with Gasteiger partial charge in [-0.05, 0) is 20.3 Å². The molecule has 0 bridgehead atoms. The van der Waals surface area contributed by atoms with Gasteiger partial charge < -0.3 is 11.1 Å². The Balaban J connectivity index is 4.12. The van der Waals surface area contributed by atoms with Crippen molar-refractivity contribution in [2.75, 3.05) is 0 Å². The van der Waals surface area contributed by atoms with E-state index in [0.717, 1.165) is 0 Å². The van der Waals surface area contributed by atoms with E-state index in [-0.39, 0.29) is 5.91 Å². The molecule has 68 valence electrons. The minimum atomic E-state index is -0.607. The molecule has 0 saturated heterocycles. The summed E-state index contributed by atoms with van der Waals surface area (Å²) in [4.78, 5) is 11.2. The smallest absolute Gasteiger partial charge is 0.238 e. The summed E-state index contributed by atoms with van der Waals surface area (Å²) < 4.78 is 0. The fourth-order valence-corrected chi connectivity index (χ4v) is 0.622. The van der Waals surface area contributed by atoms with Gasteiger partial charge in [-0.15, -0.1) is 6.42 Å². The molecule has 0 rings (SSSR count). The Hall–Kier alpha value is -1.01. The van der Waals surface area contributed by atoms with Crippen LogP contribution in [0.3, 0.4) is 0 Å². The van der Waals surface area contributed by atoms with Gasteiger partial charge in [0.15, 0.2) is 0 Å². The lowest BCUT2D eigenvalue weighted by molar-refractivity contribution is -0.123. The Labute approximate surface area is 73.7 Å². The summed E-state index contributed by atoms with van der Waals surface area (Å²) in [7, 11) is 0. The van der Waals surface area contributed by atoms with E-state index in [0.29, 0.717) is 6.42 Å². The van der Waals surface area contributed by atoms with Gasteiger partial charge in [-0.3, -0.25) is 4.79 Å². The zero-order valence-electron chi connectivity index (χ0n) is 7.85. The fourth-order valence-electron chi connectivity index (χ4n) is 0.622. The third-order valence-corrected chi connectivity index (χ3v) is 1.57. The molecule has 0 spiro atoms. The van der Waals surface area contributed by atoms with Crippen LogP contribution in [0.1, 0.15) is 27.2 Å². The molecule has 0 aliphatic carbocycles. The molecule has 0 aromatic carbocycles. The molecule has 0 aliphatic rings. The highest BCUT2D eigenvalue weighted by molar-refractivity contribution is 5.82. The average Bonchev–Trinajstić information content (AvgIpc) is 2.02. The van der Waals surface area contributed by atoms with Crippen LogP contribution >= 0.6 is 0 Å². The van der Waals surface area contributed by atoms with E-state index in [1.807, 2.05) is 6.92 Å². The number of hydrogen-bond acceptors (Lipinski definition) is 2. The first kappa shape index (κ1) is 11.0. The molecule has 3 nitrogen and oxygen atoms in total. The monoisotopic (exact) mass is 168 g/mol. The van der Waals surface area contributed by atoms with Crippen LogP contribution in [-0.2, 0) is 4.79 Å². The minimum Gasteiger partial charge on any atom is -0.339 e. The minimum absolute atomic E-state index is 0.194. The fraction of sp³-hybridized carbons (Fsp3) is 0.667. The number of carbonyl (C=O) groups is 1. The second kappa shape index (κ2) is 4.13. The van der Waals surface area contributed by atoms with Crippen LogP contribution in [-0.4, -0.2) is 17.5 Å². The number of terminal acetylenes is 1. The molecule has 1 atom stereocenters. The van der Waals surface area contributed by atoms with Crippen LogP contribution in [0.5, 0.6) is 0 Å². The average molecular weight is 168 g/mol. The summed E-state index contributed by atoms with van der Waals surface area (Å²) in [5.74, 6) is 2.27. The third-order valence-electron chi connectivity index (χ3n) is 1.57. The van der Waals surface area contributed by atoms with Crippen molar-refractivity contribution < 1.29 is 4.79 Å². The van der Waals surface area contributed by atoms with Gasteiger partial charge in [0.25, 0.3) is 0 Å². The molecule has 0 saturated carbocycles. The first-order valence-corrected chi connectivity index (χ1v) is 3.98. The van der Waals surface area contributed by atoms with Crippen molar-refractivity contribution in [3.63, 3.8) is 0 Å². The van der Waals surface area contributed by atoms with E-state index in [9.17, 15) is 4.79 Å². The number of rotatable bonds is 3. The van der Waals surface area contributed by atoms with Gasteiger partial charge >= 0.3 is 0 Å². The molecular weight excluding hydrogens is 152 g/mol. The Kier molecular flexibility index (Phi) is 3.78.